The summed E-state index contributed by atoms with van der Waals surface area (Å²) >= 11 is 0. The van der Waals surface area contributed by atoms with Crippen LogP contribution < -0.4 is 28.7 Å². The van der Waals surface area contributed by atoms with Crippen molar-refractivity contribution in [2.24, 2.45) is 0 Å². The number of anilines is 2. The van der Waals surface area contributed by atoms with Crippen LogP contribution in [0.5, 0.6) is 34.5 Å². The van der Waals surface area contributed by atoms with Crippen molar-refractivity contribution < 1.29 is 71.6 Å². The Hall–Kier alpha value is -6.72. The van der Waals surface area contributed by atoms with Gasteiger partial charge in [0.15, 0.2) is 13.5 Å². The zero-order valence-corrected chi connectivity index (χ0v) is 32.1. The van der Waals surface area contributed by atoms with Crippen LogP contribution >= 0.6 is 0 Å². The van der Waals surface area contributed by atoms with E-state index in [1.165, 1.54) is 21.9 Å². The van der Waals surface area contributed by atoms with E-state index in [4.69, 9.17) is 18.9 Å². The molecule has 0 atom stereocenters. The van der Waals surface area contributed by atoms with Crippen molar-refractivity contribution in [3.63, 3.8) is 0 Å². The average Bonchev–Trinajstić information content (AvgIpc) is 3.23. The van der Waals surface area contributed by atoms with Crippen molar-refractivity contribution in [1.82, 2.24) is 0 Å². The van der Waals surface area contributed by atoms with Gasteiger partial charge < -0.3 is 28.7 Å². The Labute approximate surface area is 350 Å². The first-order valence-corrected chi connectivity index (χ1v) is 18.8. The van der Waals surface area contributed by atoms with Gasteiger partial charge in [0.05, 0.1) is 0 Å². The second-order valence-corrected chi connectivity index (χ2v) is 14.5. The van der Waals surface area contributed by atoms with Gasteiger partial charge in [-0.2, -0.15) is 52.7 Å². The molecule has 0 aromatic heterocycles. The van der Waals surface area contributed by atoms with Crippen LogP contribution in [-0.4, -0.2) is 25.8 Å². The molecule has 6 aromatic rings. The highest BCUT2D eigenvalue weighted by molar-refractivity contribution is 5.58. The summed E-state index contributed by atoms with van der Waals surface area (Å²) in [5, 5.41) is 0. The van der Waals surface area contributed by atoms with E-state index in [1.54, 1.807) is 48.5 Å². The molecule has 0 aliphatic carbocycles. The summed E-state index contributed by atoms with van der Waals surface area (Å²) in [5.41, 5.74) is -8.38. The highest BCUT2D eigenvalue weighted by Gasteiger charge is 2.72. The second-order valence-electron chi connectivity index (χ2n) is 14.5. The molecule has 6 nitrogen and oxygen atoms in total. The van der Waals surface area contributed by atoms with Gasteiger partial charge in [-0.3, -0.25) is 0 Å². The number of fused-ring (bicyclic) bond motifs is 2. The molecule has 8 rings (SSSR count). The standard InChI is InChI=1S/C45H30F12N2O4/c46-42(47,48)35-21-31(58-23-27-5-1-3-7-37(27)60-25-58)13-19-39(35)62-33-15-9-29(10-16-33)41(44(52,53)54,45(55,56)57)30-11-17-34(18-12-30)63-40-20-14-32(22-36(40)43(49,50)51)59-24-28-6-2-4-8-38(28)61-26-59/h1-22H,23-26H2. The monoisotopic (exact) mass is 890 g/mol. The highest BCUT2D eigenvalue weighted by Crippen LogP contribution is 2.57. The van der Waals surface area contributed by atoms with E-state index in [-0.39, 0.29) is 37.9 Å². The van der Waals surface area contributed by atoms with Gasteiger partial charge >= 0.3 is 24.7 Å². The van der Waals surface area contributed by atoms with Crippen molar-refractivity contribution in [3.8, 4) is 34.5 Å². The van der Waals surface area contributed by atoms with Crippen LogP contribution in [-0.2, 0) is 30.9 Å². The van der Waals surface area contributed by atoms with Crippen LogP contribution in [0.1, 0.15) is 33.4 Å². The first-order valence-electron chi connectivity index (χ1n) is 18.8. The normalized spacial score (nSPS) is 14.6. The molecule has 0 spiro atoms. The highest BCUT2D eigenvalue weighted by atomic mass is 19.4. The van der Waals surface area contributed by atoms with Crippen molar-refractivity contribution in [3.05, 3.63) is 167 Å². The van der Waals surface area contributed by atoms with Crippen molar-refractivity contribution in [1.29, 1.82) is 0 Å². The molecule has 0 amide bonds. The number of hydrogen-bond acceptors (Lipinski definition) is 6. The first-order chi connectivity index (χ1) is 29.7. The molecule has 0 unspecified atom stereocenters. The molecular formula is C45H30F12N2O4. The molecular weight excluding hydrogens is 860 g/mol. The summed E-state index contributed by atoms with van der Waals surface area (Å²) in [6.07, 6.45) is -22.1. The number of rotatable bonds is 8. The van der Waals surface area contributed by atoms with E-state index in [1.807, 2.05) is 0 Å². The first kappa shape index (κ1) is 42.9. The molecule has 0 fully saturated rings. The van der Waals surface area contributed by atoms with E-state index in [0.717, 1.165) is 24.3 Å². The van der Waals surface area contributed by atoms with Gasteiger partial charge in [0.25, 0.3) is 0 Å². The summed E-state index contributed by atoms with van der Waals surface area (Å²) < 4.78 is 198. The van der Waals surface area contributed by atoms with E-state index in [2.05, 4.69) is 0 Å². The third kappa shape index (κ3) is 8.33. The van der Waals surface area contributed by atoms with Crippen molar-refractivity contribution >= 4 is 11.4 Å². The van der Waals surface area contributed by atoms with Crippen LogP contribution in [0.3, 0.4) is 0 Å². The van der Waals surface area contributed by atoms with E-state index >= 15 is 0 Å². The van der Waals surface area contributed by atoms with Crippen molar-refractivity contribution in [2.45, 2.75) is 43.2 Å². The second kappa shape index (κ2) is 15.9. The Morgan fingerprint density at radius 3 is 1.14 bits per heavy atom. The van der Waals surface area contributed by atoms with Gasteiger partial charge in [0.1, 0.15) is 45.6 Å². The zero-order chi connectivity index (χ0) is 45.0. The molecule has 0 saturated heterocycles. The topological polar surface area (TPSA) is 43.4 Å². The summed E-state index contributed by atoms with van der Waals surface area (Å²) in [4.78, 5) is 3.04. The van der Waals surface area contributed by atoms with E-state index in [9.17, 15) is 52.7 Å². The Morgan fingerprint density at radius 1 is 0.429 bits per heavy atom. The predicted octanol–water partition coefficient (Wildman–Crippen LogP) is 13.4. The largest absolute Gasteiger partial charge is 0.473 e. The number of hydrogen-bond donors (Lipinski definition) is 0. The molecule has 2 aliphatic rings. The third-order valence-electron chi connectivity index (χ3n) is 10.6. The molecule has 0 bridgehead atoms. The molecule has 0 saturated carbocycles. The van der Waals surface area contributed by atoms with E-state index in [0.29, 0.717) is 71.2 Å². The third-order valence-corrected chi connectivity index (χ3v) is 10.6. The lowest BCUT2D eigenvalue weighted by Crippen LogP contribution is -2.54. The van der Waals surface area contributed by atoms with Gasteiger partial charge in [-0.1, -0.05) is 60.7 Å². The SMILES string of the molecule is FC(F)(F)c1cc(N2COc3ccccc3C2)ccc1Oc1ccc(C(c2ccc(Oc3ccc(N4COc5ccccc5C4)cc3C(F)(F)F)cc2)(C(F)(F)F)C(F)(F)F)cc1. The molecule has 2 heterocycles. The minimum Gasteiger partial charge on any atom is -0.473 e. The summed E-state index contributed by atoms with van der Waals surface area (Å²) in [7, 11) is 0. The predicted molar refractivity (Wildman–Crippen MR) is 205 cm³/mol. The fraction of sp³-hybridized carbons (Fsp3) is 0.200. The van der Waals surface area contributed by atoms with Crippen LogP contribution in [0.25, 0.3) is 0 Å². The summed E-state index contributed by atoms with van der Waals surface area (Å²) in [6.45, 7) is 0.266. The Morgan fingerprint density at radius 2 is 0.794 bits per heavy atom. The smallest absolute Gasteiger partial charge is 0.420 e. The molecule has 18 heteroatoms. The number of para-hydroxylation sites is 2. The van der Waals surface area contributed by atoms with Gasteiger partial charge in [-0.15, -0.1) is 0 Å². The van der Waals surface area contributed by atoms with Gasteiger partial charge in [-0.25, -0.2) is 0 Å². The summed E-state index contributed by atoms with van der Waals surface area (Å²) in [5.74, 6) is -1.45. The maximum atomic E-state index is 15.0. The molecule has 63 heavy (non-hydrogen) atoms. The Kier molecular flexibility index (Phi) is 10.8. The van der Waals surface area contributed by atoms with Crippen molar-refractivity contribution in [2.75, 3.05) is 23.3 Å². The average molecular weight is 891 g/mol. The van der Waals surface area contributed by atoms with Gasteiger partial charge in [0.2, 0.25) is 5.41 Å². The number of ether oxygens (including phenoxy) is 4. The zero-order valence-electron chi connectivity index (χ0n) is 32.1. The van der Waals surface area contributed by atoms with Crippen LogP contribution in [0.4, 0.5) is 64.1 Å². The molecule has 6 aromatic carbocycles. The number of nitrogens with zero attached hydrogens (tertiary/aromatic N) is 2. The minimum atomic E-state index is -6.08. The Bertz CT molecular complexity index is 2430. The fourth-order valence-corrected chi connectivity index (χ4v) is 7.51. The Balaban J connectivity index is 1.06. The minimum absolute atomic E-state index is 0.0788. The molecule has 2 aliphatic heterocycles. The van der Waals surface area contributed by atoms with Crippen LogP contribution in [0.15, 0.2) is 133 Å². The molecule has 0 N–H and O–H groups in total. The fourth-order valence-electron chi connectivity index (χ4n) is 7.51. The number of benzene rings is 6. The number of halogens is 12. The molecule has 0 radical (unpaired) electrons. The van der Waals surface area contributed by atoms with Gasteiger partial charge in [-0.05, 0) is 83.9 Å². The van der Waals surface area contributed by atoms with Crippen LogP contribution in [0.2, 0.25) is 0 Å². The quantitative estimate of drug-likeness (QED) is 0.142. The lowest BCUT2D eigenvalue weighted by atomic mass is 9.73. The maximum Gasteiger partial charge on any atom is 0.420 e. The number of alkyl halides is 12. The molecule has 328 valence electrons. The lowest BCUT2D eigenvalue weighted by molar-refractivity contribution is -0.288. The van der Waals surface area contributed by atoms with Crippen LogP contribution in [0, 0.1) is 0 Å². The van der Waals surface area contributed by atoms with E-state index < -0.39 is 75.4 Å². The summed E-state index contributed by atoms with van der Waals surface area (Å²) in [6, 6.07) is 24.3. The van der Waals surface area contributed by atoms with Gasteiger partial charge in [0, 0.05) is 35.6 Å². The lowest BCUT2D eigenvalue weighted by Gasteiger charge is -2.38. The maximum absolute atomic E-state index is 15.0.